The molecule has 8 heteroatoms. The maximum atomic E-state index is 12.4. The zero-order valence-electron chi connectivity index (χ0n) is 11.0. The third-order valence-electron chi connectivity index (χ3n) is 2.69. The fourth-order valence-electron chi connectivity index (χ4n) is 1.74. The minimum atomic E-state index is -2.67. The lowest BCUT2D eigenvalue weighted by Gasteiger charge is -2.02. The van der Waals surface area contributed by atoms with Crippen molar-refractivity contribution in [3.05, 3.63) is 33.0 Å². The normalized spacial score (nSPS) is 11.1. The van der Waals surface area contributed by atoms with Crippen LogP contribution in [0.5, 0.6) is 0 Å². The van der Waals surface area contributed by atoms with E-state index in [1.54, 1.807) is 0 Å². The SMILES string of the molecule is CCc1nc(C)sc1CNC(=O)c1cc(C(F)F)[nH]n1. The number of hydrogen-bond acceptors (Lipinski definition) is 4. The topological polar surface area (TPSA) is 70.7 Å². The summed E-state index contributed by atoms with van der Waals surface area (Å²) in [5.41, 5.74) is 0.542. The van der Waals surface area contributed by atoms with E-state index in [4.69, 9.17) is 0 Å². The van der Waals surface area contributed by atoms with Gasteiger partial charge in [-0.2, -0.15) is 5.10 Å². The highest BCUT2D eigenvalue weighted by Gasteiger charge is 2.16. The second kappa shape index (κ2) is 6.08. The number of alkyl halides is 2. The molecule has 0 saturated heterocycles. The molecule has 2 heterocycles. The first kappa shape index (κ1) is 14.6. The van der Waals surface area contributed by atoms with E-state index < -0.39 is 12.3 Å². The highest BCUT2D eigenvalue weighted by Crippen LogP contribution is 2.19. The average molecular weight is 300 g/mol. The van der Waals surface area contributed by atoms with Gasteiger partial charge < -0.3 is 5.32 Å². The molecule has 0 aliphatic rings. The lowest BCUT2D eigenvalue weighted by atomic mass is 10.3. The summed E-state index contributed by atoms with van der Waals surface area (Å²) in [6.07, 6.45) is -1.88. The number of hydrogen-bond donors (Lipinski definition) is 2. The van der Waals surface area contributed by atoms with Crippen LogP contribution in [0.4, 0.5) is 8.78 Å². The van der Waals surface area contributed by atoms with Crippen LogP contribution in [0.2, 0.25) is 0 Å². The van der Waals surface area contributed by atoms with Crippen molar-refractivity contribution in [3.8, 4) is 0 Å². The Labute approximate surface area is 118 Å². The number of halogens is 2. The third kappa shape index (κ3) is 3.19. The quantitative estimate of drug-likeness (QED) is 0.891. The Balaban J connectivity index is 2.00. The molecule has 0 spiro atoms. The van der Waals surface area contributed by atoms with Crippen LogP contribution < -0.4 is 5.32 Å². The molecule has 0 atom stereocenters. The average Bonchev–Trinajstić information content (AvgIpc) is 3.02. The van der Waals surface area contributed by atoms with Crippen molar-refractivity contribution in [3.63, 3.8) is 0 Å². The van der Waals surface area contributed by atoms with Crippen LogP contribution in [0.3, 0.4) is 0 Å². The van der Waals surface area contributed by atoms with Crippen LogP contribution in [0, 0.1) is 6.92 Å². The molecule has 1 amide bonds. The van der Waals surface area contributed by atoms with Crippen molar-refractivity contribution in [1.29, 1.82) is 0 Å². The number of thiazole rings is 1. The fraction of sp³-hybridized carbons (Fsp3) is 0.417. The van der Waals surface area contributed by atoms with Gasteiger partial charge in [0, 0.05) is 4.88 Å². The van der Waals surface area contributed by atoms with E-state index in [0.29, 0.717) is 6.54 Å². The fourth-order valence-corrected chi connectivity index (χ4v) is 2.71. The van der Waals surface area contributed by atoms with E-state index in [-0.39, 0.29) is 11.4 Å². The van der Waals surface area contributed by atoms with Crippen LogP contribution in [-0.2, 0) is 13.0 Å². The van der Waals surface area contributed by atoms with Crippen molar-refractivity contribution in [2.45, 2.75) is 33.2 Å². The van der Waals surface area contributed by atoms with Crippen molar-refractivity contribution >= 4 is 17.2 Å². The maximum Gasteiger partial charge on any atom is 0.279 e. The number of H-pyrrole nitrogens is 1. The Hall–Kier alpha value is -1.83. The van der Waals surface area contributed by atoms with Crippen LogP contribution in [0.25, 0.3) is 0 Å². The number of nitrogens with zero attached hydrogens (tertiary/aromatic N) is 2. The number of amides is 1. The molecule has 0 aromatic carbocycles. The molecular weight excluding hydrogens is 286 g/mol. The summed E-state index contributed by atoms with van der Waals surface area (Å²) in [6.45, 7) is 4.21. The zero-order valence-corrected chi connectivity index (χ0v) is 11.9. The Morgan fingerprint density at radius 3 is 2.90 bits per heavy atom. The van der Waals surface area contributed by atoms with Gasteiger partial charge in [-0.15, -0.1) is 11.3 Å². The van der Waals surface area contributed by atoms with E-state index >= 15 is 0 Å². The van der Waals surface area contributed by atoms with Crippen molar-refractivity contribution in [2.75, 3.05) is 0 Å². The summed E-state index contributed by atoms with van der Waals surface area (Å²) in [5, 5.41) is 9.30. The highest BCUT2D eigenvalue weighted by molar-refractivity contribution is 7.11. The minimum absolute atomic E-state index is 0.0421. The van der Waals surface area contributed by atoms with Crippen LogP contribution in [-0.4, -0.2) is 21.1 Å². The molecular formula is C12H14F2N4OS. The number of carbonyl (C=O) groups excluding carboxylic acids is 1. The van der Waals surface area contributed by atoms with E-state index in [9.17, 15) is 13.6 Å². The van der Waals surface area contributed by atoms with Gasteiger partial charge in [-0.05, 0) is 19.4 Å². The molecule has 2 rings (SSSR count). The van der Waals surface area contributed by atoms with Gasteiger partial charge in [0.25, 0.3) is 12.3 Å². The predicted octanol–water partition coefficient (Wildman–Crippen LogP) is 2.60. The lowest BCUT2D eigenvalue weighted by molar-refractivity contribution is 0.0946. The standard InChI is InChI=1S/C12H14F2N4OS/c1-3-7-10(20-6(2)16-7)5-15-12(19)9-4-8(11(13)14)17-18-9/h4,11H,3,5H2,1-2H3,(H,15,19)(H,17,18). The van der Waals surface area contributed by atoms with E-state index in [1.165, 1.54) is 11.3 Å². The Bertz CT molecular complexity index is 608. The molecule has 20 heavy (non-hydrogen) atoms. The first-order valence-corrected chi connectivity index (χ1v) is 6.89. The number of carbonyl (C=O) groups is 1. The molecule has 0 aliphatic carbocycles. The molecule has 108 valence electrons. The molecule has 0 saturated carbocycles. The molecule has 0 unspecified atom stereocenters. The first-order chi connectivity index (χ1) is 9.51. The second-order valence-corrected chi connectivity index (χ2v) is 5.44. The summed E-state index contributed by atoms with van der Waals surface area (Å²) in [5.74, 6) is -0.485. The van der Waals surface area contributed by atoms with E-state index in [2.05, 4.69) is 20.5 Å². The van der Waals surface area contributed by atoms with Gasteiger partial charge in [0.15, 0.2) is 0 Å². The molecule has 0 fully saturated rings. The predicted molar refractivity (Wildman–Crippen MR) is 70.9 cm³/mol. The van der Waals surface area contributed by atoms with Gasteiger partial charge in [0.1, 0.15) is 11.4 Å². The first-order valence-electron chi connectivity index (χ1n) is 6.08. The summed E-state index contributed by atoms with van der Waals surface area (Å²) in [7, 11) is 0. The largest absolute Gasteiger partial charge is 0.346 e. The summed E-state index contributed by atoms with van der Waals surface area (Å²) < 4.78 is 24.8. The van der Waals surface area contributed by atoms with Gasteiger partial charge in [-0.3, -0.25) is 9.89 Å². The van der Waals surface area contributed by atoms with E-state index in [0.717, 1.165) is 28.1 Å². The molecule has 5 nitrogen and oxygen atoms in total. The molecule has 2 N–H and O–H groups in total. The number of rotatable bonds is 5. The highest BCUT2D eigenvalue weighted by atomic mass is 32.1. The summed E-state index contributed by atoms with van der Waals surface area (Å²) in [6, 6.07) is 1.05. The van der Waals surface area contributed by atoms with Crippen molar-refractivity contribution in [2.24, 2.45) is 0 Å². The van der Waals surface area contributed by atoms with E-state index in [1.807, 2.05) is 13.8 Å². The molecule has 2 aromatic heterocycles. The van der Waals surface area contributed by atoms with Crippen molar-refractivity contribution in [1.82, 2.24) is 20.5 Å². The lowest BCUT2D eigenvalue weighted by Crippen LogP contribution is -2.23. The number of aromatic amines is 1. The van der Waals surface area contributed by atoms with Gasteiger partial charge in [0.2, 0.25) is 0 Å². The minimum Gasteiger partial charge on any atom is -0.346 e. The molecule has 2 aromatic rings. The Kier molecular flexibility index (Phi) is 4.43. The Morgan fingerprint density at radius 2 is 2.30 bits per heavy atom. The van der Waals surface area contributed by atoms with Crippen molar-refractivity contribution < 1.29 is 13.6 Å². The Morgan fingerprint density at radius 1 is 1.55 bits per heavy atom. The van der Waals surface area contributed by atoms with Crippen LogP contribution >= 0.6 is 11.3 Å². The maximum absolute atomic E-state index is 12.4. The van der Waals surface area contributed by atoms with Gasteiger partial charge in [-0.1, -0.05) is 6.92 Å². The third-order valence-corrected chi connectivity index (χ3v) is 3.71. The summed E-state index contributed by atoms with van der Waals surface area (Å²) >= 11 is 1.51. The molecule has 0 aliphatic heterocycles. The van der Waals surface area contributed by atoms with Crippen LogP contribution in [0.15, 0.2) is 6.07 Å². The number of aromatic nitrogens is 3. The van der Waals surface area contributed by atoms with Crippen LogP contribution in [0.1, 0.15) is 45.1 Å². The monoisotopic (exact) mass is 300 g/mol. The van der Waals surface area contributed by atoms with Gasteiger partial charge in [0.05, 0.1) is 17.2 Å². The summed E-state index contributed by atoms with van der Waals surface area (Å²) in [4.78, 5) is 17.1. The smallest absolute Gasteiger partial charge is 0.279 e. The second-order valence-electron chi connectivity index (χ2n) is 4.15. The zero-order chi connectivity index (χ0) is 14.7. The number of aryl methyl sites for hydroxylation is 2. The number of nitrogens with one attached hydrogen (secondary N) is 2. The molecule has 0 bridgehead atoms. The van der Waals surface area contributed by atoms with Gasteiger partial charge >= 0.3 is 0 Å². The molecule has 0 radical (unpaired) electrons. The van der Waals surface area contributed by atoms with Gasteiger partial charge in [-0.25, -0.2) is 13.8 Å².